The number of aliphatic hydroxyl groups excluding tert-OH is 1. The van der Waals surface area contributed by atoms with Crippen LogP contribution in [0.25, 0.3) is 0 Å². The van der Waals surface area contributed by atoms with Crippen LogP contribution in [-0.2, 0) is 20.7 Å². The van der Waals surface area contributed by atoms with Gasteiger partial charge >= 0.3 is 6.09 Å². The Morgan fingerprint density at radius 2 is 1.83 bits per heavy atom. The zero-order valence-electron chi connectivity index (χ0n) is 24.7. The van der Waals surface area contributed by atoms with Crippen molar-refractivity contribution in [1.29, 1.82) is 0 Å². The average Bonchev–Trinajstić information content (AvgIpc) is 3.44. The summed E-state index contributed by atoms with van der Waals surface area (Å²) in [6.07, 6.45) is 7.10. The highest BCUT2D eigenvalue weighted by Crippen LogP contribution is 2.45. The number of nitrogens with zero attached hydrogens (tertiary/aromatic N) is 1. The molecule has 41 heavy (non-hydrogen) atoms. The van der Waals surface area contributed by atoms with Gasteiger partial charge in [-0.25, -0.2) is 4.79 Å². The topological polar surface area (TPSA) is 155 Å². The first-order valence-corrected chi connectivity index (χ1v) is 14.3. The lowest BCUT2D eigenvalue weighted by atomic mass is 9.89. The van der Waals surface area contributed by atoms with Crippen LogP contribution in [0.5, 0.6) is 11.5 Å². The van der Waals surface area contributed by atoms with Gasteiger partial charge in [0.05, 0.1) is 17.5 Å². The lowest BCUT2D eigenvalue weighted by Crippen LogP contribution is -2.35. The Kier molecular flexibility index (Phi) is 11.3. The number of aliphatic hydroxyl groups is 1. The van der Waals surface area contributed by atoms with Crippen molar-refractivity contribution in [3.8, 4) is 11.5 Å². The molecule has 1 aromatic carbocycles. The van der Waals surface area contributed by atoms with E-state index in [2.05, 4.69) is 10.2 Å². The second kappa shape index (κ2) is 14.4. The van der Waals surface area contributed by atoms with Crippen LogP contribution in [0.4, 0.5) is 16.2 Å². The number of aromatic hydroxyl groups is 2. The molecule has 10 nitrogen and oxygen atoms in total. The van der Waals surface area contributed by atoms with Crippen molar-refractivity contribution >= 4 is 23.4 Å². The van der Waals surface area contributed by atoms with Crippen LogP contribution in [0.15, 0.2) is 41.5 Å². The highest BCUT2D eigenvalue weighted by Gasteiger charge is 2.28. The summed E-state index contributed by atoms with van der Waals surface area (Å²) < 4.78 is 10.9. The fraction of sp³-hybridized carbons (Fsp3) is 0.548. The second-order valence-corrected chi connectivity index (χ2v) is 11.3. The normalized spacial score (nSPS) is 30.0. The van der Waals surface area contributed by atoms with Crippen molar-refractivity contribution in [3.05, 3.63) is 47.1 Å². The van der Waals surface area contributed by atoms with Crippen LogP contribution in [0.2, 0.25) is 0 Å². The average molecular weight is 572 g/mol. The van der Waals surface area contributed by atoms with E-state index in [0.29, 0.717) is 41.7 Å². The van der Waals surface area contributed by atoms with Crippen molar-refractivity contribution < 1.29 is 34.4 Å². The second-order valence-electron chi connectivity index (χ2n) is 11.3. The van der Waals surface area contributed by atoms with Crippen molar-refractivity contribution in [2.75, 3.05) is 30.4 Å². The first-order chi connectivity index (χ1) is 19.4. The summed E-state index contributed by atoms with van der Waals surface area (Å²) in [7, 11) is 1.47. The number of nitrogens with two attached hydrogens (primary N) is 1. The number of phenols is 2. The molecule has 0 unspecified atom stereocenters. The van der Waals surface area contributed by atoms with E-state index in [1.807, 2.05) is 19.9 Å². The number of carbonyl (C=O) groups is 2. The molecule has 0 aliphatic carbocycles. The van der Waals surface area contributed by atoms with Gasteiger partial charge in [0.15, 0.2) is 6.10 Å². The zero-order valence-corrected chi connectivity index (χ0v) is 24.7. The van der Waals surface area contributed by atoms with Crippen molar-refractivity contribution in [2.24, 2.45) is 17.6 Å². The number of methoxy groups -OCH3 is 1. The molecule has 2 aliphatic rings. The van der Waals surface area contributed by atoms with Gasteiger partial charge in [-0.05, 0) is 57.4 Å². The number of benzene rings is 1. The summed E-state index contributed by atoms with van der Waals surface area (Å²) in [6.45, 7) is 8.89. The van der Waals surface area contributed by atoms with Gasteiger partial charge < -0.3 is 40.7 Å². The minimum Gasteiger partial charge on any atom is -0.506 e. The summed E-state index contributed by atoms with van der Waals surface area (Å²) in [5.41, 5.74) is 7.67. The van der Waals surface area contributed by atoms with Crippen molar-refractivity contribution in [3.63, 3.8) is 0 Å². The summed E-state index contributed by atoms with van der Waals surface area (Å²) in [6, 6.07) is 1.40. The molecule has 6 N–H and O–H groups in total. The number of ether oxygens (including phenoxy) is 2. The SMILES string of the molecule is CO[C@H]1/C=C\C=C(/C)C(=O)Nc2cc(O)c(N3CCCC3)c(c2O)C[C@@H](C)CC[C@H](O)[C@@H](C)/C=C(\C)[C@@H]1OC(N)=O. The van der Waals surface area contributed by atoms with Crippen LogP contribution in [0, 0.1) is 11.8 Å². The molecule has 0 spiro atoms. The molecule has 2 amide bonds. The van der Waals surface area contributed by atoms with E-state index >= 15 is 0 Å². The van der Waals surface area contributed by atoms with Gasteiger partial charge in [-0.2, -0.15) is 0 Å². The summed E-state index contributed by atoms with van der Waals surface area (Å²) in [4.78, 5) is 26.8. The standard InChI is InChI=1S/C31H45N3O7/c1-18-11-12-24(35)20(3)16-21(4)29(41-31(32)39)26(40-5)10-8-9-19(2)30(38)33-23-17-25(36)27(22(15-18)28(23)37)34-13-6-7-14-34/h8-10,16-18,20,24,26,29,35-37H,6-7,11-15H2,1-5H3,(H2,32,39)(H,33,38)/b10-8-,19-9+,21-16+/t18-,20-,24-,26-,29-/m0/s1. The Hall–Kier alpha value is -3.50. The maximum Gasteiger partial charge on any atom is 0.405 e. The van der Waals surface area contributed by atoms with E-state index < -0.39 is 30.3 Å². The molecule has 2 aliphatic heterocycles. The number of rotatable bonds is 3. The quantitative estimate of drug-likeness (QED) is 0.201. The Balaban J connectivity index is 2.05. The predicted octanol–water partition coefficient (Wildman–Crippen LogP) is 4.53. The highest BCUT2D eigenvalue weighted by molar-refractivity contribution is 6.05. The smallest absolute Gasteiger partial charge is 0.405 e. The first-order valence-electron chi connectivity index (χ1n) is 14.3. The molecule has 1 saturated heterocycles. The Morgan fingerprint density at radius 1 is 1.15 bits per heavy atom. The molecule has 1 fully saturated rings. The Bertz CT molecular complexity index is 1190. The third-order valence-corrected chi connectivity index (χ3v) is 7.93. The van der Waals surface area contributed by atoms with Crippen LogP contribution in [0.3, 0.4) is 0 Å². The largest absolute Gasteiger partial charge is 0.506 e. The number of primary amides is 1. The highest BCUT2D eigenvalue weighted by atomic mass is 16.6. The number of fused-ring (bicyclic) bond motifs is 2. The molecular weight excluding hydrogens is 526 g/mol. The van der Waals surface area contributed by atoms with Gasteiger partial charge in [0.1, 0.15) is 17.6 Å². The number of carbonyl (C=O) groups excluding carboxylic acids is 2. The first kappa shape index (κ1) is 32.0. The minimum atomic E-state index is -0.956. The van der Waals surface area contributed by atoms with Crippen LogP contribution in [-0.4, -0.2) is 65.8 Å². The fourth-order valence-electron chi connectivity index (χ4n) is 5.53. The monoisotopic (exact) mass is 571 g/mol. The van der Waals surface area contributed by atoms with E-state index in [-0.39, 0.29) is 29.0 Å². The summed E-state index contributed by atoms with van der Waals surface area (Å²) >= 11 is 0. The van der Waals surface area contributed by atoms with Crippen molar-refractivity contribution in [1.82, 2.24) is 0 Å². The van der Waals surface area contributed by atoms with Crippen LogP contribution < -0.4 is 16.0 Å². The molecule has 0 saturated carbocycles. The van der Waals surface area contributed by atoms with Crippen LogP contribution >= 0.6 is 0 Å². The van der Waals surface area contributed by atoms with Gasteiger partial charge in [0, 0.05) is 43.3 Å². The molecular formula is C31H45N3O7. The Labute approximate surface area is 242 Å². The lowest BCUT2D eigenvalue weighted by Gasteiger charge is -2.27. The van der Waals surface area contributed by atoms with E-state index in [1.54, 1.807) is 32.1 Å². The molecule has 1 aromatic rings. The van der Waals surface area contributed by atoms with Gasteiger partial charge in [0.25, 0.3) is 5.91 Å². The van der Waals surface area contributed by atoms with Crippen molar-refractivity contribution in [2.45, 2.75) is 78.1 Å². The fourth-order valence-corrected chi connectivity index (χ4v) is 5.53. The third kappa shape index (κ3) is 8.27. The number of phenolic OH excluding ortho intramolecular Hbond substituents is 2. The van der Waals surface area contributed by atoms with E-state index in [0.717, 1.165) is 25.9 Å². The van der Waals surface area contributed by atoms with E-state index in [4.69, 9.17) is 15.2 Å². The summed E-state index contributed by atoms with van der Waals surface area (Å²) in [5, 5.41) is 36.1. The Morgan fingerprint density at radius 3 is 2.46 bits per heavy atom. The maximum absolute atomic E-state index is 13.0. The van der Waals surface area contributed by atoms with Gasteiger partial charge in [-0.1, -0.05) is 38.2 Å². The number of nitrogens with one attached hydrogen (secondary N) is 1. The number of allylic oxidation sites excluding steroid dienone is 2. The van der Waals surface area contributed by atoms with Crippen LogP contribution in [0.1, 0.15) is 58.9 Å². The molecule has 10 heteroatoms. The number of hydrogen-bond donors (Lipinski definition) is 5. The number of anilines is 2. The van der Waals surface area contributed by atoms with Gasteiger partial charge in [-0.15, -0.1) is 0 Å². The number of hydrogen-bond acceptors (Lipinski definition) is 8. The molecule has 5 atom stereocenters. The molecule has 2 heterocycles. The predicted molar refractivity (Wildman–Crippen MR) is 159 cm³/mol. The third-order valence-electron chi connectivity index (χ3n) is 7.93. The summed E-state index contributed by atoms with van der Waals surface area (Å²) in [5.74, 6) is -0.718. The molecule has 3 rings (SSSR count). The van der Waals surface area contributed by atoms with Gasteiger partial charge in [-0.3, -0.25) is 4.79 Å². The molecule has 0 aromatic heterocycles. The zero-order chi connectivity index (χ0) is 30.3. The van der Waals surface area contributed by atoms with E-state index in [9.17, 15) is 24.9 Å². The minimum absolute atomic E-state index is 0.00678. The molecule has 2 bridgehead atoms. The van der Waals surface area contributed by atoms with Gasteiger partial charge in [0.2, 0.25) is 0 Å². The number of amides is 2. The molecule has 0 radical (unpaired) electrons. The maximum atomic E-state index is 13.0. The molecule has 226 valence electrons. The lowest BCUT2D eigenvalue weighted by molar-refractivity contribution is -0.112. The van der Waals surface area contributed by atoms with E-state index in [1.165, 1.54) is 13.2 Å².